The van der Waals surface area contributed by atoms with Crippen molar-refractivity contribution >= 4 is 0 Å². The van der Waals surface area contributed by atoms with E-state index in [1.54, 1.807) is 11.1 Å². The molecule has 0 bridgehead atoms. The first kappa shape index (κ1) is 9.57. The first-order valence-corrected chi connectivity index (χ1v) is 5.23. The van der Waals surface area contributed by atoms with Crippen LogP contribution in [0.25, 0.3) is 0 Å². The van der Waals surface area contributed by atoms with Gasteiger partial charge in [-0.15, -0.1) is 0 Å². The number of unbranched alkanes of at least 4 members (excludes halogenated alkanes) is 2. The third-order valence-corrected chi connectivity index (χ3v) is 2.60. The molecule has 0 aromatic rings. The predicted octanol–water partition coefficient (Wildman–Crippen LogP) is 4.23. The molecule has 0 aromatic heterocycles. The number of hydrogen-bond donors (Lipinski definition) is 0. The number of allylic oxidation sites excluding steroid dienone is 4. The third-order valence-electron chi connectivity index (χ3n) is 2.60. The summed E-state index contributed by atoms with van der Waals surface area (Å²) < 4.78 is 0. The zero-order chi connectivity index (χ0) is 8.81. The summed E-state index contributed by atoms with van der Waals surface area (Å²) in [6.07, 6.45) is 12.7. The fraction of sp³-hybridized carbons (Fsp3) is 0.667. The van der Waals surface area contributed by atoms with Crippen molar-refractivity contribution in [2.24, 2.45) is 0 Å². The van der Waals surface area contributed by atoms with Crippen molar-refractivity contribution in [3.63, 3.8) is 0 Å². The summed E-state index contributed by atoms with van der Waals surface area (Å²) >= 11 is 0. The Hall–Kier alpha value is -0.520. The number of hydrogen-bond acceptors (Lipinski definition) is 0. The SMILES string of the molecule is CC=C1CCCC1=CCCCC. The van der Waals surface area contributed by atoms with Crippen LogP contribution in [-0.4, -0.2) is 0 Å². The molecule has 0 atom stereocenters. The Morgan fingerprint density at radius 3 is 2.67 bits per heavy atom. The molecule has 0 heteroatoms. The van der Waals surface area contributed by atoms with Gasteiger partial charge in [0.2, 0.25) is 0 Å². The van der Waals surface area contributed by atoms with Crippen LogP contribution in [0, 0.1) is 0 Å². The highest BCUT2D eigenvalue weighted by molar-refractivity contribution is 5.34. The normalized spacial score (nSPS) is 24.2. The van der Waals surface area contributed by atoms with Crippen molar-refractivity contribution in [3.05, 3.63) is 23.3 Å². The lowest BCUT2D eigenvalue weighted by Crippen LogP contribution is -1.78. The smallest absolute Gasteiger partial charge is 0.0276 e. The molecular formula is C12H20. The molecule has 1 rings (SSSR count). The first-order chi connectivity index (χ1) is 5.88. The Labute approximate surface area is 76.4 Å². The average molecular weight is 164 g/mol. The molecular weight excluding hydrogens is 144 g/mol. The summed E-state index contributed by atoms with van der Waals surface area (Å²) in [7, 11) is 0. The summed E-state index contributed by atoms with van der Waals surface area (Å²) in [6, 6.07) is 0. The van der Waals surface area contributed by atoms with E-state index >= 15 is 0 Å². The predicted molar refractivity (Wildman–Crippen MR) is 55.2 cm³/mol. The maximum absolute atomic E-state index is 2.45. The number of rotatable bonds is 3. The van der Waals surface area contributed by atoms with Gasteiger partial charge in [0.1, 0.15) is 0 Å². The molecule has 0 heterocycles. The van der Waals surface area contributed by atoms with Crippen molar-refractivity contribution in [2.75, 3.05) is 0 Å². The molecule has 0 radical (unpaired) electrons. The van der Waals surface area contributed by atoms with E-state index in [-0.39, 0.29) is 0 Å². The molecule has 0 saturated heterocycles. The second kappa shape index (κ2) is 5.18. The molecule has 0 amide bonds. The Balaban J connectivity index is 2.44. The molecule has 1 aliphatic rings. The van der Waals surface area contributed by atoms with Gasteiger partial charge in [-0.2, -0.15) is 0 Å². The molecule has 0 nitrogen and oxygen atoms in total. The van der Waals surface area contributed by atoms with Gasteiger partial charge in [0.05, 0.1) is 0 Å². The van der Waals surface area contributed by atoms with Crippen molar-refractivity contribution in [1.29, 1.82) is 0 Å². The monoisotopic (exact) mass is 164 g/mol. The van der Waals surface area contributed by atoms with Crippen LogP contribution in [0.4, 0.5) is 0 Å². The highest BCUT2D eigenvalue weighted by atomic mass is 14.2. The molecule has 0 N–H and O–H groups in total. The van der Waals surface area contributed by atoms with E-state index in [1.165, 1.54) is 38.5 Å². The molecule has 1 aliphatic carbocycles. The van der Waals surface area contributed by atoms with Gasteiger partial charge in [0.25, 0.3) is 0 Å². The summed E-state index contributed by atoms with van der Waals surface area (Å²) in [6.45, 7) is 4.41. The van der Waals surface area contributed by atoms with Gasteiger partial charge < -0.3 is 0 Å². The molecule has 68 valence electrons. The Bertz CT molecular complexity index is 184. The van der Waals surface area contributed by atoms with Gasteiger partial charge in [-0.25, -0.2) is 0 Å². The van der Waals surface area contributed by atoms with Crippen LogP contribution in [0.5, 0.6) is 0 Å². The van der Waals surface area contributed by atoms with Crippen molar-refractivity contribution in [3.8, 4) is 0 Å². The van der Waals surface area contributed by atoms with Crippen LogP contribution in [0.2, 0.25) is 0 Å². The molecule has 0 spiro atoms. The van der Waals surface area contributed by atoms with Gasteiger partial charge in [0, 0.05) is 0 Å². The highest BCUT2D eigenvalue weighted by Gasteiger charge is 2.10. The summed E-state index contributed by atoms with van der Waals surface area (Å²) in [5, 5.41) is 0. The minimum absolute atomic E-state index is 1.28. The minimum Gasteiger partial charge on any atom is -0.0842 e. The third kappa shape index (κ3) is 2.51. The van der Waals surface area contributed by atoms with Crippen molar-refractivity contribution in [2.45, 2.75) is 52.4 Å². The van der Waals surface area contributed by atoms with E-state index in [2.05, 4.69) is 26.0 Å². The topological polar surface area (TPSA) is 0 Å². The van der Waals surface area contributed by atoms with E-state index in [4.69, 9.17) is 0 Å². The molecule has 0 aliphatic heterocycles. The molecule has 0 aromatic carbocycles. The van der Waals surface area contributed by atoms with Crippen LogP contribution >= 0.6 is 0 Å². The standard InChI is InChI=1S/C12H20/c1-3-5-6-8-12-10-7-9-11(12)4-2/h4,8H,3,5-7,9-10H2,1-2H3. The van der Waals surface area contributed by atoms with E-state index in [0.29, 0.717) is 0 Å². The summed E-state index contributed by atoms with van der Waals surface area (Å²) in [5.41, 5.74) is 3.23. The minimum atomic E-state index is 1.28. The molecule has 1 fully saturated rings. The van der Waals surface area contributed by atoms with Crippen molar-refractivity contribution < 1.29 is 0 Å². The van der Waals surface area contributed by atoms with E-state index in [9.17, 15) is 0 Å². The van der Waals surface area contributed by atoms with Crippen LogP contribution in [0.1, 0.15) is 52.4 Å². The maximum atomic E-state index is 2.45. The Morgan fingerprint density at radius 2 is 2.00 bits per heavy atom. The molecule has 12 heavy (non-hydrogen) atoms. The van der Waals surface area contributed by atoms with Gasteiger partial charge in [-0.1, -0.05) is 31.9 Å². The highest BCUT2D eigenvalue weighted by Crippen LogP contribution is 2.30. The van der Waals surface area contributed by atoms with Crippen LogP contribution in [0.15, 0.2) is 23.3 Å². The average Bonchev–Trinajstić information content (AvgIpc) is 2.52. The van der Waals surface area contributed by atoms with Crippen LogP contribution in [-0.2, 0) is 0 Å². The Morgan fingerprint density at radius 1 is 1.25 bits per heavy atom. The lowest BCUT2D eigenvalue weighted by atomic mass is 10.1. The fourth-order valence-corrected chi connectivity index (χ4v) is 1.83. The largest absolute Gasteiger partial charge is 0.0842 e. The quantitative estimate of drug-likeness (QED) is 0.547. The molecule has 0 unspecified atom stereocenters. The second-order valence-corrected chi connectivity index (χ2v) is 3.54. The lowest BCUT2D eigenvalue weighted by Gasteiger charge is -1.99. The Kier molecular flexibility index (Phi) is 4.13. The van der Waals surface area contributed by atoms with Crippen molar-refractivity contribution in [1.82, 2.24) is 0 Å². The zero-order valence-electron chi connectivity index (χ0n) is 8.40. The van der Waals surface area contributed by atoms with Crippen LogP contribution in [0.3, 0.4) is 0 Å². The van der Waals surface area contributed by atoms with E-state index in [1.807, 2.05) is 0 Å². The van der Waals surface area contributed by atoms with Gasteiger partial charge in [0.15, 0.2) is 0 Å². The zero-order valence-corrected chi connectivity index (χ0v) is 8.40. The fourth-order valence-electron chi connectivity index (χ4n) is 1.83. The van der Waals surface area contributed by atoms with E-state index < -0.39 is 0 Å². The van der Waals surface area contributed by atoms with Gasteiger partial charge in [-0.05, 0) is 43.8 Å². The van der Waals surface area contributed by atoms with Gasteiger partial charge >= 0.3 is 0 Å². The second-order valence-electron chi connectivity index (χ2n) is 3.54. The summed E-state index contributed by atoms with van der Waals surface area (Å²) in [5.74, 6) is 0. The van der Waals surface area contributed by atoms with Crippen LogP contribution < -0.4 is 0 Å². The first-order valence-electron chi connectivity index (χ1n) is 5.23. The summed E-state index contributed by atoms with van der Waals surface area (Å²) in [4.78, 5) is 0. The van der Waals surface area contributed by atoms with Gasteiger partial charge in [-0.3, -0.25) is 0 Å². The maximum Gasteiger partial charge on any atom is -0.0276 e. The lowest BCUT2D eigenvalue weighted by molar-refractivity contribution is 0.809. The van der Waals surface area contributed by atoms with E-state index in [0.717, 1.165) is 0 Å². The molecule has 1 saturated carbocycles.